The number of halogens is 1. The molecule has 1 heterocycles. The Morgan fingerprint density at radius 3 is 2.67 bits per heavy atom. The Morgan fingerprint density at radius 2 is 2.05 bits per heavy atom. The largest absolute Gasteiger partial charge is 0.466 e. The number of ether oxygens (including phenoxy) is 1. The van der Waals surface area contributed by atoms with E-state index in [1.54, 1.807) is 11.3 Å². The molecule has 0 aliphatic heterocycles. The molecular formula is C15H18ClN2O2S+. The van der Waals surface area contributed by atoms with Crippen molar-refractivity contribution >= 4 is 39.7 Å². The molecule has 0 saturated heterocycles. The lowest BCUT2D eigenvalue weighted by atomic mass is 10.3. The van der Waals surface area contributed by atoms with Crippen molar-refractivity contribution < 1.29 is 14.1 Å². The van der Waals surface area contributed by atoms with Crippen LogP contribution in [-0.4, -0.2) is 12.6 Å². The van der Waals surface area contributed by atoms with Gasteiger partial charge in [0.05, 0.1) is 25.0 Å². The molecule has 0 unspecified atom stereocenters. The molecule has 0 saturated carbocycles. The summed E-state index contributed by atoms with van der Waals surface area (Å²) in [6, 6.07) is 7.51. The minimum atomic E-state index is -0.194. The van der Waals surface area contributed by atoms with E-state index in [0.29, 0.717) is 18.1 Å². The summed E-state index contributed by atoms with van der Waals surface area (Å²) in [6.07, 6.45) is 0.306. The first-order chi connectivity index (χ1) is 10.0. The monoisotopic (exact) mass is 325 g/mol. The third kappa shape index (κ3) is 3.95. The molecule has 0 atom stereocenters. The topological polar surface area (TPSA) is 42.2 Å². The molecule has 0 amide bonds. The van der Waals surface area contributed by atoms with Gasteiger partial charge in [0, 0.05) is 5.02 Å². The fraction of sp³-hybridized carbons (Fsp3) is 0.333. The number of hydrogen-bond acceptors (Lipinski definition) is 4. The minimum absolute atomic E-state index is 0.194. The quantitative estimate of drug-likeness (QED) is 0.677. The first-order valence-electron chi connectivity index (χ1n) is 6.67. The standard InChI is InChI=1S/C15H17ClN2O2S/c1-4-20-14(19)9-13-10(2)18(3)15(21-13)17-12-7-5-11(16)6-8-12/h5-8H,4,9H2,1-3H3/p+1. The molecule has 21 heavy (non-hydrogen) atoms. The molecular weight excluding hydrogens is 308 g/mol. The van der Waals surface area contributed by atoms with Crippen LogP contribution in [0.15, 0.2) is 24.3 Å². The van der Waals surface area contributed by atoms with E-state index in [1.165, 1.54) is 0 Å². The van der Waals surface area contributed by atoms with Gasteiger partial charge >= 0.3 is 11.1 Å². The number of anilines is 2. The van der Waals surface area contributed by atoms with Gasteiger partial charge in [-0.15, -0.1) is 0 Å². The van der Waals surface area contributed by atoms with Crippen LogP contribution >= 0.6 is 22.9 Å². The summed E-state index contributed by atoms with van der Waals surface area (Å²) < 4.78 is 7.04. The molecule has 1 aromatic carbocycles. The smallest absolute Gasteiger partial charge is 0.339 e. The second-order valence-electron chi connectivity index (χ2n) is 4.59. The Kier molecular flexibility index (Phi) is 5.20. The highest BCUT2D eigenvalue weighted by Gasteiger charge is 2.20. The van der Waals surface area contributed by atoms with Crippen LogP contribution in [0.25, 0.3) is 0 Å². The molecule has 1 aromatic heterocycles. The Hall–Kier alpha value is -1.59. The molecule has 2 rings (SSSR count). The van der Waals surface area contributed by atoms with Crippen molar-refractivity contribution in [3.8, 4) is 0 Å². The zero-order valence-electron chi connectivity index (χ0n) is 12.3. The maximum Gasteiger partial charge on any atom is 0.339 e. The van der Waals surface area contributed by atoms with Gasteiger partial charge in [0.1, 0.15) is 11.4 Å². The van der Waals surface area contributed by atoms with Crippen LogP contribution in [0, 0.1) is 6.92 Å². The van der Waals surface area contributed by atoms with Crippen LogP contribution in [-0.2, 0) is 23.0 Å². The Bertz CT molecular complexity index is 638. The van der Waals surface area contributed by atoms with Crippen LogP contribution in [0.3, 0.4) is 0 Å². The van der Waals surface area contributed by atoms with E-state index in [-0.39, 0.29) is 5.97 Å². The van der Waals surface area contributed by atoms with Crippen LogP contribution in [0.1, 0.15) is 17.5 Å². The number of benzene rings is 1. The summed E-state index contributed by atoms with van der Waals surface area (Å²) in [7, 11) is 1.97. The predicted molar refractivity (Wildman–Crippen MR) is 85.3 cm³/mol. The van der Waals surface area contributed by atoms with Gasteiger partial charge in [0.15, 0.2) is 0 Å². The fourth-order valence-electron chi connectivity index (χ4n) is 1.87. The van der Waals surface area contributed by atoms with E-state index in [1.807, 2.05) is 49.7 Å². The third-order valence-electron chi connectivity index (χ3n) is 3.14. The number of carbonyl (C=O) groups excluding carboxylic acids is 1. The number of thiazole rings is 1. The summed E-state index contributed by atoms with van der Waals surface area (Å²) in [4.78, 5) is 12.6. The molecule has 0 aliphatic carbocycles. The van der Waals surface area contributed by atoms with E-state index in [0.717, 1.165) is 21.4 Å². The molecule has 2 aromatic rings. The average molecular weight is 326 g/mol. The van der Waals surface area contributed by atoms with Crippen molar-refractivity contribution in [1.82, 2.24) is 0 Å². The highest BCUT2D eigenvalue weighted by Crippen LogP contribution is 2.25. The maximum absolute atomic E-state index is 11.6. The summed E-state index contributed by atoms with van der Waals surface area (Å²) >= 11 is 7.44. The number of aromatic nitrogens is 1. The Morgan fingerprint density at radius 1 is 1.38 bits per heavy atom. The van der Waals surface area contributed by atoms with Gasteiger partial charge < -0.3 is 4.74 Å². The van der Waals surface area contributed by atoms with Gasteiger partial charge in [-0.3, -0.25) is 4.79 Å². The summed E-state index contributed by atoms with van der Waals surface area (Å²) in [5.41, 5.74) is 2.02. The zero-order valence-corrected chi connectivity index (χ0v) is 13.8. The van der Waals surface area contributed by atoms with Gasteiger partial charge in [0.25, 0.3) is 0 Å². The first-order valence-corrected chi connectivity index (χ1v) is 7.87. The van der Waals surface area contributed by atoms with Crippen molar-refractivity contribution in [1.29, 1.82) is 0 Å². The van der Waals surface area contributed by atoms with Crippen LogP contribution in [0.4, 0.5) is 10.8 Å². The third-order valence-corrected chi connectivity index (χ3v) is 4.64. The summed E-state index contributed by atoms with van der Waals surface area (Å²) in [5.74, 6) is -0.194. The van der Waals surface area contributed by atoms with Gasteiger partial charge in [-0.2, -0.15) is 0 Å². The molecule has 112 valence electrons. The SMILES string of the molecule is CCOC(=O)Cc1sc(Nc2ccc(Cl)cc2)[n+](C)c1C. The first kappa shape index (κ1) is 15.8. The highest BCUT2D eigenvalue weighted by atomic mass is 35.5. The normalized spacial score (nSPS) is 10.5. The highest BCUT2D eigenvalue weighted by molar-refractivity contribution is 7.15. The number of carbonyl (C=O) groups is 1. The number of nitrogens with one attached hydrogen (secondary N) is 1. The fourth-order valence-corrected chi connectivity index (χ4v) is 3.15. The molecule has 1 N–H and O–H groups in total. The lowest BCUT2D eigenvalue weighted by Crippen LogP contribution is -2.32. The predicted octanol–water partition coefficient (Wildman–Crippen LogP) is 3.38. The van der Waals surface area contributed by atoms with E-state index in [2.05, 4.69) is 5.32 Å². The number of rotatable bonds is 5. The van der Waals surface area contributed by atoms with Crippen molar-refractivity contribution in [2.45, 2.75) is 20.3 Å². The Labute approximate surface area is 133 Å². The van der Waals surface area contributed by atoms with Crippen molar-refractivity contribution in [3.05, 3.63) is 39.9 Å². The van der Waals surface area contributed by atoms with Gasteiger partial charge in [-0.1, -0.05) is 22.9 Å². The number of nitrogens with zero attached hydrogens (tertiary/aromatic N) is 1. The molecule has 0 spiro atoms. The number of hydrogen-bond donors (Lipinski definition) is 1. The van der Waals surface area contributed by atoms with Gasteiger partial charge in [0.2, 0.25) is 0 Å². The lowest BCUT2D eigenvalue weighted by molar-refractivity contribution is -0.659. The molecule has 0 fully saturated rings. The van der Waals surface area contributed by atoms with Gasteiger partial charge in [-0.05, 0) is 38.1 Å². The lowest BCUT2D eigenvalue weighted by Gasteiger charge is -1.99. The second-order valence-corrected chi connectivity index (χ2v) is 6.11. The molecule has 0 radical (unpaired) electrons. The molecule has 0 aliphatic rings. The van der Waals surface area contributed by atoms with E-state index >= 15 is 0 Å². The minimum Gasteiger partial charge on any atom is -0.466 e. The second kappa shape index (κ2) is 6.91. The molecule has 4 nitrogen and oxygen atoms in total. The zero-order chi connectivity index (χ0) is 15.4. The van der Waals surface area contributed by atoms with E-state index in [4.69, 9.17) is 16.3 Å². The average Bonchev–Trinajstić information content (AvgIpc) is 2.70. The molecule has 6 heteroatoms. The Balaban J connectivity index is 2.17. The van der Waals surface area contributed by atoms with E-state index in [9.17, 15) is 4.79 Å². The summed E-state index contributed by atoms with van der Waals surface area (Å²) in [5, 5.41) is 5.01. The van der Waals surface area contributed by atoms with Crippen LogP contribution in [0.2, 0.25) is 5.02 Å². The number of esters is 1. The van der Waals surface area contributed by atoms with Crippen LogP contribution < -0.4 is 9.88 Å². The maximum atomic E-state index is 11.6. The van der Waals surface area contributed by atoms with Crippen molar-refractivity contribution in [2.24, 2.45) is 7.05 Å². The van der Waals surface area contributed by atoms with Gasteiger partial charge in [-0.25, -0.2) is 9.88 Å². The molecule has 0 bridgehead atoms. The van der Waals surface area contributed by atoms with Crippen LogP contribution in [0.5, 0.6) is 0 Å². The van der Waals surface area contributed by atoms with Crippen molar-refractivity contribution in [3.63, 3.8) is 0 Å². The summed E-state index contributed by atoms with van der Waals surface area (Å²) in [6.45, 7) is 4.22. The van der Waals surface area contributed by atoms with E-state index < -0.39 is 0 Å². The van der Waals surface area contributed by atoms with Crippen molar-refractivity contribution in [2.75, 3.05) is 11.9 Å².